The maximum absolute atomic E-state index is 12.7. The molecule has 1 atom stereocenters. The van der Waals surface area contributed by atoms with Crippen molar-refractivity contribution in [1.29, 1.82) is 0 Å². The Morgan fingerprint density at radius 1 is 0.962 bits per heavy atom. The van der Waals surface area contributed by atoms with Crippen molar-refractivity contribution in [1.82, 2.24) is 0 Å². The average molecular weight is 349 g/mol. The van der Waals surface area contributed by atoms with Gasteiger partial charge >= 0.3 is 12.1 Å². The summed E-state index contributed by atoms with van der Waals surface area (Å²) in [5, 5.41) is 11.2. The number of rotatable bonds is 5. The highest BCUT2D eigenvalue weighted by Gasteiger charge is 2.29. The fourth-order valence-corrected chi connectivity index (χ4v) is 2.78. The highest BCUT2D eigenvalue weighted by Crippen LogP contribution is 2.29. The van der Waals surface area contributed by atoms with E-state index in [4.69, 9.17) is 4.74 Å². The largest absolute Gasteiger partial charge is 0.480 e. The van der Waals surface area contributed by atoms with Gasteiger partial charge in [-0.25, -0.2) is 9.59 Å². The summed E-state index contributed by atoms with van der Waals surface area (Å²) in [6, 6.07) is 21.2. The fourth-order valence-electron chi connectivity index (χ4n) is 2.78. The first-order valence-corrected chi connectivity index (χ1v) is 8.28. The molecule has 0 unspecified atom stereocenters. The molecule has 0 saturated heterocycles. The molecule has 0 aliphatic heterocycles. The molecule has 0 aliphatic rings. The number of carbonyl (C=O) groups is 2. The van der Waals surface area contributed by atoms with Crippen molar-refractivity contribution in [3.63, 3.8) is 0 Å². The lowest BCUT2D eigenvalue weighted by Gasteiger charge is -2.27. The summed E-state index contributed by atoms with van der Waals surface area (Å²) in [6.45, 7) is 1.54. The Bertz CT molecular complexity index is 918. The highest BCUT2D eigenvalue weighted by atomic mass is 16.6. The molecule has 5 heteroatoms. The summed E-state index contributed by atoms with van der Waals surface area (Å²) in [5.74, 6) is -1.10. The number of ether oxygens (including phenoxy) is 1. The number of aliphatic carboxylic acids is 1. The number of anilines is 1. The minimum atomic E-state index is -1.10. The average Bonchev–Trinajstić information content (AvgIpc) is 2.67. The van der Waals surface area contributed by atoms with Gasteiger partial charge in [0.05, 0.1) is 5.69 Å². The van der Waals surface area contributed by atoms with E-state index in [1.165, 1.54) is 11.8 Å². The predicted octanol–water partition coefficient (Wildman–Crippen LogP) is 4.46. The Kier molecular flexibility index (Phi) is 5.17. The van der Waals surface area contributed by atoms with Crippen molar-refractivity contribution in [3.8, 4) is 0 Å². The van der Waals surface area contributed by atoms with Crippen LogP contribution in [0.15, 0.2) is 72.8 Å². The molecular formula is C21H19NO4. The van der Waals surface area contributed by atoms with E-state index < -0.39 is 18.1 Å². The smallest absolute Gasteiger partial charge is 0.415 e. The van der Waals surface area contributed by atoms with Gasteiger partial charge in [0, 0.05) is 5.39 Å². The quantitative estimate of drug-likeness (QED) is 0.739. The van der Waals surface area contributed by atoms with Crippen LogP contribution in [0.2, 0.25) is 0 Å². The Hall–Kier alpha value is -3.34. The van der Waals surface area contributed by atoms with E-state index in [0.29, 0.717) is 5.69 Å². The van der Waals surface area contributed by atoms with Gasteiger partial charge in [-0.15, -0.1) is 0 Å². The molecule has 3 rings (SSSR count). The molecule has 0 fully saturated rings. The molecule has 3 aromatic carbocycles. The van der Waals surface area contributed by atoms with E-state index in [0.717, 1.165) is 16.3 Å². The monoisotopic (exact) mass is 349 g/mol. The number of amides is 1. The lowest BCUT2D eigenvalue weighted by atomic mass is 10.1. The minimum Gasteiger partial charge on any atom is -0.480 e. The van der Waals surface area contributed by atoms with Gasteiger partial charge in [0.1, 0.15) is 12.6 Å². The Balaban J connectivity index is 1.94. The minimum absolute atomic E-state index is 0.0767. The molecule has 0 saturated carbocycles. The molecule has 0 spiro atoms. The molecule has 0 heterocycles. The second-order valence-corrected chi connectivity index (χ2v) is 5.92. The molecule has 0 aromatic heterocycles. The zero-order valence-corrected chi connectivity index (χ0v) is 14.3. The van der Waals surface area contributed by atoms with E-state index in [2.05, 4.69) is 0 Å². The lowest BCUT2D eigenvalue weighted by Crippen LogP contribution is -2.43. The summed E-state index contributed by atoms with van der Waals surface area (Å²) < 4.78 is 5.39. The van der Waals surface area contributed by atoms with Crippen LogP contribution in [0.3, 0.4) is 0 Å². The lowest BCUT2D eigenvalue weighted by molar-refractivity contribution is -0.138. The third-order valence-electron chi connectivity index (χ3n) is 4.17. The molecule has 1 amide bonds. The van der Waals surface area contributed by atoms with Gasteiger partial charge in [0.25, 0.3) is 0 Å². The number of fused-ring (bicyclic) bond motifs is 1. The summed E-state index contributed by atoms with van der Waals surface area (Å²) >= 11 is 0. The summed E-state index contributed by atoms with van der Waals surface area (Å²) in [4.78, 5) is 25.5. The van der Waals surface area contributed by atoms with Crippen molar-refractivity contribution >= 4 is 28.5 Å². The van der Waals surface area contributed by atoms with Crippen LogP contribution >= 0.6 is 0 Å². The number of nitrogens with zero attached hydrogens (tertiary/aromatic N) is 1. The maximum Gasteiger partial charge on any atom is 0.415 e. The van der Waals surface area contributed by atoms with E-state index in [1.54, 1.807) is 12.1 Å². The van der Waals surface area contributed by atoms with E-state index in [1.807, 2.05) is 60.7 Å². The molecule has 0 bridgehead atoms. The van der Waals surface area contributed by atoms with Gasteiger partial charge in [-0.05, 0) is 23.9 Å². The van der Waals surface area contributed by atoms with Gasteiger partial charge < -0.3 is 9.84 Å². The topological polar surface area (TPSA) is 66.8 Å². The number of carbonyl (C=O) groups excluding carboxylic acids is 1. The first kappa shape index (κ1) is 17.5. The van der Waals surface area contributed by atoms with Crippen LogP contribution in [-0.4, -0.2) is 23.2 Å². The first-order chi connectivity index (χ1) is 12.6. The molecule has 26 heavy (non-hydrogen) atoms. The van der Waals surface area contributed by atoms with Crippen LogP contribution in [0.4, 0.5) is 10.5 Å². The molecule has 0 radical (unpaired) electrons. The second-order valence-electron chi connectivity index (χ2n) is 5.92. The zero-order chi connectivity index (χ0) is 18.5. The highest BCUT2D eigenvalue weighted by molar-refractivity contribution is 6.04. The van der Waals surface area contributed by atoms with Crippen molar-refractivity contribution in [2.45, 2.75) is 19.6 Å². The van der Waals surface area contributed by atoms with Crippen molar-refractivity contribution in [3.05, 3.63) is 78.4 Å². The van der Waals surface area contributed by atoms with Crippen LogP contribution in [0.25, 0.3) is 10.8 Å². The van der Waals surface area contributed by atoms with Crippen molar-refractivity contribution in [2.24, 2.45) is 0 Å². The molecular weight excluding hydrogens is 330 g/mol. The SMILES string of the molecule is C[C@@H](C(=O)O)N(C(=O)OCc1ccccc1)c1cccc2ccccc12. The Morgan fingerprint density at radius 3 is 2.35 bits per heavy atom. The van der Waals surface area contributed by atoms with Crippen LogP contribution in [0, 0.1) is 0 Å². The normalized spacial score (nSPS) is 11.7. The number of hydrogen-bond donors (Lipinski definition) is 1. The van der Waals surface area contributed by atoms with Crippen LogP contribution < -0.4 is 4.90 Å². The van der Waals surface area contributed by atoms with Gasteiger partial charge in [-0.1, -0.05) is 66.7 Å². The number of carboxylic acid groups (broad SMARTS) is 1. The van der Waals surface area contributed by atoms with Crippen LogP contribution in [0.1, 0.15) is 12.5 Å². The van der Waals surface area contributed by atoms with E-state index >= 15 is 0 Å². The maximum atomic E-state index is 12.7. The van der Waals surface area contributed by atoms with Gasteiger partial charge in [-0.2, -0.15) is 0 Å². The molecule has 1 N–H and O–H groups in total. The standard InChI is InChI=1S/C21H19NO4/c1-15(20(23)24)22(21(25)26-14-16-8-3-2-4-9-16)19-13-7-11-17-10-5-6-12-18(17)19/h2-13,15H,14H2,1H3,(H,23,24)/t15-/m0/s1. The first-order valence-electron chi connectivity index (χ1n) is 8.28. The van der Waals surface area contributed by atoms with Crippen molar-refractivity contribution < 1.29 is 19.4 Å². The summed E-state index contributed by atoms with van der Waals surface area (Å²) in [5.41, 5.74) is 1.35. The molecule has 132 valence electrons. The van der Waals surface area contributed by atoms with E-state index in [-0.39, 0.29) is 6.61 Å². The Morgan fingerprint density at radius 2 is 1.62 bits per heavy atom. The molecule has 5 nitrogen and oxygen atoms in total. The Labute approximate surface area is 151 Å². The van der Waals surface area contributed by atoms with Gasteiger partial charge in [-0.3, -0.25) is 4.90 Å². The van der Waals surface area contributed by atoms with Crippen LogP contribution in [0.5, 0.6) is 0 Å². The van der Waals surface area contributed by atoms with Gasteiger partial charge in [0.2, 0.25) is 0 Å². The molecule has 3 aromatic rings. The van der Waals surface area contributed by atoms with E-state index in [9.17, 15) is 14.7 Å². The second kappa shape index (κ2) is 7.70. The summed E-state index contributed by atoms with van der Waals surface area (Å²) in [6.07, 6.45) is -0.694. The number of benzene rings is 3. The fraction of sp³-hybridized carbons (Fsp3) is 0.143. The molecule has 0 aliphatic carbocycles. The van der Waals surface area contributed by atoms with Crippen molar-refractivity contribution in [2.75, 3.05) is 4.90 Å². The zero-order valence-electron chi connectivity index (χ0n) is 14.3. The van der Waals surface area contributed by atoms with Gasteiger partial charge in [0.15, 0.2) is 0 Å². The predicted molar refractivity (Wildman–Crippen MR) is 100 cm³/mol. The summed E-state index contributed by atoms with van der Waals surface area (Å²) in [7, 11) is 0. The van der Waals surface area contributed by atoms with Crippen LogP contribution in [-0.2, 0) is 16.1 Å². The number of hydrogen-bond acceptors (Lipinski definition) is 3. The third-order valence-corrected chi connectivity index (χ3v) is 4.17. The third kappa shape index (κ3) is 3.67. The number of carboxylic acids is 1.